The molecule has 1 aliphatic rings. The molecule has 0 aromatic rings. The van der Waals surface area contributed by atoms with Crippen molar-refractivity contribution in [2.75, 3.05) is 26.2 Å². The average molecular weight is 224 g/mol. The Morgan fingerprint density at radius 2 is 2.07 bits per heavy atom. The van der Waals surface area contributed by atoms with Crippen molar-refractivity contribution in [2.24, 2.45) is 5.92 Å². The maximum absolute atomic E-state index is 12.2. The summed E-state index contributed by atoms with van der Waals surface area (Å²) in [6.07, 6.45) is -3.13. The second-order valence-corrected chi connectivity index (χ2v) is 4.63. The highest BCUT2D eigenvalue weighted by Crippen LogP contribution is 2.18. The first-order valence-electron chi connectivity index (χ1n) is 5.39. The van der Waals surface area contributed by atoms with E-state index in [-0.39, 0.29) is 6.04 Å². The van der Waals surface area contributed by atoms with Gasteiger partial charge in [-0.25, -0.2) is 0 Å². The highest BCUT2D eigenvalue weighted by Gasteiger charge is 2.32. The molecular formula is C10H19F3N2. The molecule has 0 spiro atoms. The largest absolute Gasteiger partial charge is 0.401 e. The molecule has 0 aromatic heterocycles. The number of piperazine rings is 1. The van der Waals surface area contributed by atoms with E-state index in [1.807, 2.05) is 0 Å². The fourth-order valence-corrected chi connectivity index (χ4v) is 2.02. The number of hydrogen-bond donors (Lipinski definition) is 1. The summed E-state index contributed by atoms with van der Waals surface area (Å²) in [4.78, 5) is 1.49. The van der Waals surface area contributed by atoms with Gasteiger partial charge in [-0.05, 0) is 12.3 Å². The third-order valence-corrected chi connectivity index (χ3v) is 2.50. The lowest BCUT2D eigenvalue weighted by Gasteiger charge is -2.34. The Kier molecular flexibility index (Phi) is 4.40. The van der Waals surface area contributed by atoms with Crippen molar-refractivity contribution in [3.63, 3.8) is 0 Å². The van der Waals surface area contributed by atoms with Crippen molar-refractivity contribution < 1.29 is 13.2 Å². The van der Waals surface area contributed by atoms with Gasteiger partial charge in [-0.2, -0.15) is 13.2 Å². The summed E-state index contributed by atoms with van der Waals surface area (Å²) in [5.74, 6) is 0.522. The normalized spacial score (nSPS) is 24.8. The smallest absolute Gasteiger partial charge is 0.311 e. The Bertz CT molecular complexity index is 192. The SMILES string of the molecule is CC(C)CC1CN(CC(F)(F)F)CCN1. The number of nitrogens with one attached hydrogen (secondary N) is 1. The summed E-state index contributed by atoms with van der Waals surface area (Å²) < 4.78 is 36.5. The molecule has 1 saturated heterocycles. The van der Waals surface area contributed by atoms with E-state index in [1.165, 1.54) is 4.90 Å². The fourth-order valence-electron chi connectivity index (χ4n) is 2.02. The van der Waals surface area contributed by atoms with Crippen molar-refractivity contribution in [1.82, 2.24) is 10.2 Å². The number of alkyl halides is 3. The van der Waals surface area contributed by atoms with Crippen LogP contribution in [0.1, 0.15) is 20.3 Å². The van der Waals surface area contributed by atoms with Crippen molar-refractivity contribution in [1.29, 1.82) is 0 Å². The molecule has 0 radical (unpaired) electrons. The summed E-state index contributed by atoms with van der Waals surface area (Å²) in [5.41, 5.74) is 0. The zero-order valence-electron chi connectivity index (χ0n) is 9.27. The highest BCUT2D eigenvalue weighted by molar-refractivity contribution is 4.80. The molecular weight excluding hydrogens is 205 g/mol. The van der Waals surface area contributed by atoms with Gasteiger partial charge in [0.25, 0.3) is 0 Å². The van der Waals surface area contributed by atoms with E-state index in [0.29, 0.717) is 25.6 Å². The Morgan fingerprint density at radius 1 is 1.40 bits per heavy atom. The van der Waals surface area contributed by atoms with E-state index in [1.54, 1.807) is 0 Å². The van der Waals surface area contributed by atoms with E-state index < -0.39 is 12.7 Å². The average Bonchev–Trinajstić information content (AvgIpc) is 1.99. The van der Waals surface area contributed by atoms with Crippen molar-refractivity contribution >= 4 is 0 Å². The van der Waals surface area contributed by atoms with E-state index in [2.05, 4.69) is 19.2 Å². The maximum atomic E-state index is 12.2. The van der Waals surface area contributed by atoms with Gasteiger partial charge in [0.1, 0.15) is 0 Å². The van der Waals surface area contributed by atoms with Crippen LogP contribution in [0.2, 0.25) is 0 Å². The van der Waals surface area contributed by atoms with Crippen LogP contribution in [0.5, 0.6) is 0 Å². The van der Waals surface area contributed by atoms with Gasteiger partial charge in [0.15, 0.2) is 0 Å². The Balaban J connectivity index is 2.35. The second-order valence-electron chi connectivity index (χ2n) is 4.63. The summed E-state index contributed by atoms with van der Waals surface area (Å²) in [6, 6.07) is 0.209. The van der Waals surface area contributed by atoms with Gasteiger partial charge >= 0.3 is 6.18 Å². The molecule has 2 nitrogen and oxygen atoms in total. The van der Waals surface area contributed by atoms with Crippen molar-refractivity contribution in [2.45, 2.75) is 32.5 Å². The topological polar surface area (TPSA) is 15.3 Å². The number of halogens is 3. The van der Waals surface area contributed by atoms with E-state index in [9.17, 15) is 13.2 Å². The van der Waals surface area contributed by atoms with Crippen LogP contribution in [0.4, 0.5) is 13.2 Å². The molecule has 1 heterocycles. The fraction of sp³-hybridized carbons (Fsp3) is 1.00. The molecule has 1 N–H and O–H groups in total. The molecule has 1 unspecified atom stereocenters. The molecule has 90 valence electrons. The molecule has 0 amide bonds. The van der Waals surface area contributed by atoms with Gasteiger partial charge in [0.05, 0.1) is 6.54 Å². The van der Waals surface area contributed by atoms with Gasteiger partial charge in [0, 0.05) is 25.7 Å². The van der Waals surface area contributed by atoms with Crippen LogP contribution in [0.15, 0.2) is 0 Å². The molecule has 1 aliphatic heterocycles. The molecule has 1 fully saturated rings. The predicted molar refractivity (Wildman–Crippen MR) is 53.7 cm³/mol. The Morgan fingerprint density at radius 3 is 2.60 bits per heavy atom. The zero-order valence-corrected chi connectivity index (χ0v) is 9.27. The number of hydrogen-bond acceptors (Lipinski definition) is 2. The lowest BCUT2D eigenvalue weighted by molar-refractivity contribution is -0.148. The molecule has 0 bridgehead atoms. The van der Waals surface area contributed by atoms with Crippen LogP contribution in [0.25, 0.3) is 0 Å². The van der Waals surface area contributed by atoms with Crippen LogP contribution in [0, 0.1) is 5.92 Å². The van der Waals surface area contributed by atoms with E-state index in [0.717, 1.165) is 6.42 Å². The lowest BCUT2D eigenvalue weighted by Crippen LogP contribution is -2.53. The van der Waals surface area contributed by atoms with Crippen molar-refractivity contribution in [3.05, 3.63) is 0 Å². The first-order valence-corrected chi connectivity index (χ1v) is 5.39. The van der Waals surface area contributed by atoms with Gasteiger partial charge in [-0.3, -0.25) is 4.90 Å². The molecule has 0 aliphatic carbocycles. The third kappa shape index (κ3) is 5.37. The van der Waals surface area contributed by atoms with Crippen LogP contribution in [0.3, 0.4) is 0 Å². The second kappa shape index (κ2) is 5.16. The van der Waals surface area contributed by atoms with Gasteiger partial charge < -0.3 is 5.32 Å². The van der Waals surface area contributed by atoms with Gasteiger partial charge in [-0.1, -0.05) is 13.8 Å². The summed E-state index contributed by atoms with van der Waals surface area (Å²) >= 11 is 0. The minimum Gasteiger partial charge on any atom is -0.311 e. The van der Waals surface area contributed by atoms with E-state index in [4.69, 9.17) is 0 Å². The van der Waals surface area contributed by atoms with Crippen LogP contribution in [-0.2, 0) is 0 Å². The molecule has 0 saturated carbocycles. The summed E-state index contributed by atoms with van der Waals surface area (Å²) in [7, 11) is 0. The minimum atomic E-state index is -4.07. The summed E-state index contributed by atoms with van der Waals surface area (Å²) in [5, 5.41) is 3.26. The van der Waals surface area contributed by atoms with Crippen LogP contribution in [-0.4, -0.2) is 43.3 Å². The number of nitrogens with zero attached hydrogens (tertiary/aromatic N) is 1. The quantitative estimate of drug-likeness (QED) is 0.787. The van der Waals surface area contributed by atoms with Crippen molar-refractivity contribution in [3.8, 4) is 0 Å². The lowest BCUT2D eigenvalue weighted by atomic mass is 10.0. The van der Waals surface area contributed by atoms with Gasteiger partial charge in [-0.15, -0.1) is 0 Å². The third-order valence-electron chi connectivity index (χ3n) is 2.50. The first kappa shape index (κ1) is 12.8. The van der Waals surface area contributed by atoms with Crippen LogP contribution < -0.4 is 5.32 Å². The van der Waals surface area contributed by atoms with E-state index >= 15 is 0 Å². The zero-order chi connectivity index (χ0) is 11.5. The standard InChI is InChI=1S/C10H19F3N2/c1-8(2)5-9-6-15(4-3-14-9)7-10(11,12)13/h8-9,14H,3-7H2,1-2H3. The Labute approximate surface area is 88.8 Å². The molecule has 5 heteroatoms. The Hall–Kier alpha value is -0.290. The monoisotopic (exact) mass is 224 g/mol. The molecule has 1 atom stereocenters. The predicted octanol–water partition coefficient (Wildman–Crippen LogP) is 1.87. The maximum Gasteiger partial charge on any atom is 0.401 e. The summed E-state index contributed by atoms with van der Waals surface area (Å²) in [6.45, 7) is 5.07. The number of rotatable bonds is 3. The highest BCUT2D eigenvalue weighted by atomic mass is 19.4. The molecule has 1 rings (SSSR count). The van der Waals surface area contributed by atoms with Gasteiger partial charge in [0.2, 0.25) is 0 Å². The molecule has 0 aromatic carbocycles. The van der Waals surface area contributed by atoms with Crippen LogP contribution >= 0.6 is 0 Å². The molecule has 15 heavy (non-hydrogen) atoms. The first-order chi connectivity index (χ1) is 6.87. The minimum absolute atomic E-state index is 0.209.